The highest BCUT2D eigenvalue weighted by Crippen LogP contribution is 2.36. The van der Waals surface area contributed by atoms with E-state index in [-0.39, 0.29) is 5.91 Å². The van der Waals surface area contributed by atoms with Gasteiger partial charge in [0.25, 0.3) is 5.91 Å². The van der Waals surface area contributed by atoms with E-state index in [0.29, 0.717) is 47.4 Å². The number of piperazine rings is 1. The van der Waals surface area contributed by atoms with Crippen LogP contribution >= 0.6 is 0 Å². The van der Waals surface area contributed by atoms with E-state index >= 15 is 0 Å². The highest BCUT2D eigenvalue weighted by Gasteiger charge is 2.24. The Bertz CT molecular complexity index is 1040. The minimum atomic E-state index is 0.000443. The van der Waals surface area contributed by atoms with E-state index in [1.165, 1.54) is 0 Å². The molecule has 1 amide bonds. The van der Waals surface area contributed by atoms with Gasteiger partial charge < -0.3 is 23.7 Å². The van der Waals surface area contributed by atoms with E-state index in [0.717, 1.165) is 18.7 Å². The Morgan fingerprint density at radius 2 is 1.77 bits per heavy atom. The topological polar surface area (TPSA) is 68.0 Å². The molecule has 4 rings (SSSR count). The second kappa shape index (κ2) is 8.59. The fourth-order valence-electron chi connectivity index (χ4n) is 3.56. The summed E-state index contributed by atoms with van der Waals surface area (Å²) in [6, 6.07) is 12.9. The number of carbonyl (C=O) groups is 1. The fourth-order valence-corrected chi connectivity index (χ4v) is 3.56. The van der Waals surface area contributed by atoms with Gasteiger partial charge in [-0.05, 0) is 31.3 Å². The predicted octanol–water partition coefficient (Wildman–Crippen LogP) is 3.41. The van der Waals surface area contributed by atoms with Gasteiger partial charge in [-0.2, -0.15) is 0 Å². The number of methoxy groups -OCH3 is 2. The average molecular weight is 407 g/mol. The van der Waals surface area contributed by atoms with Gasteiger partial charge in [0.05, 0.1) is 31.5 Å². The normalized spacial score (nSPS) is 14.6. The molecule has 0 aliphatic carbocycles. The summed E-state index contributed by atoms with van der Waals surface area (Å²) in [5.41, 5.74) is 2.04. The Morgan fingerprint density at radius 3 is 2.50 bits per heavy atom. The summed E-state index contributed by atoms with van der Waals surface area (Å²) in [5.74, 6) is 2.28. The maximum Gasteiger partial charge on any atom is 0.254 e. The van der Waals surface area contributed by atoms with Crippen LogP contribution in [0.3, 0.4) is 0 Å². The molecule has 0 atom stereocenters. The number of oxazole rings is 1. The Morgan fingerprint density at radius 1 is 1.00 bits per heavy atom. The van der Waals surface area contributed by atoms with Gasteiger partial charge >= 0.3 is 0 Å². The van der Waals surface area contributed by atoms with Gasteiger partial charge in [0.15, 0.2) is 5.76 Å². The van der Waals surface area contributed by atoms with Crippen molar-refractivity contribution >= 4 is 5.91 Å². The molecule has 7 nitrogen and oxygen atoms in total. The van der Waals surface area contributed by atoms with Crippen LogP contribution in [0.2, 0.25) is 0 Å². The van der Waals surface area contributed by atoms with Crippen molar-refractivity contribution in [2.24, 2.45) is 0 Å². The summed E-state index contributed by atoms with van der Waals surface area (Å²) < 4.78 is 16.8. The van der Waals surface area contributed by atoms with E-state index in [2.05, 4.69) is 16.9 Å². The minimum Gasteiger partial charge on any atom is -0.497 e. The van der Waals surface area contributed by atoms with Crippen LogP contribution in [0.25, 0.3) is 22.8 Å². The maximum absolute atomic E-state index is 13.2. The molecule has 156 valence electrons. The van der Waals surface area contributed by atoms with Crippen molar-refractivity contribution in [3.8, 4) is 34.3 Å². The molecule has 0 radical (unpaired) electrons. The third-order valence-corrected chi connectivity index (χ3v) is 5.36. The molecule has 0 unspecified atom stereocenters. The quantitative estimate of drug-likeness (QED) is 0.646. The third kappa shape index (κ3) is 3.89. The number of hydrogen-bond acceptors (Lipinski definition) is 6. The Balaban J connectivity index is 1.66. The first-order chi connectivity index (χ1) is 14.6. The zero-order chi connectivity index (χ0) is 21.1. The lowest BCUT2D eigenvalue weighted by Crippen LogP contribution is -2.47. The van der Waals surface area contributed by atoms with E-state index in [4.69, 9.17) is 13.9 Å². The molecule has 1 aromatic heterocycles. The summed E-state index contributed by atoms with van der Waals surface area (Å²) in [7, 11) is 5.27. The number of hydrogen-bond donors (Lipinski definition) is 0. The molecular formula is C23H25N3O4. The molecule has 0 bridgehead atoms. The molecule has 0 spiro atoms. The van der Waals surface area contributed by atoms with Crippen LogP contribution in [0, 0.1) is 0 Å². The number of benzene rings is 2. The molecule has 0 saturated carbocycles. The van der Waals surface area contributed by atoms with Gasteiger partial charge in [0, 0.05) is 37.8 Å². The largest absolute Gasteiger partial charge is 0.497 e. The number of rotatable bonds is 5. The van der Waals surface area contributed by atoms with Crippen LogP contribution in [-0.4, -0.2) is 68.1 Å². The number of nitrogens with zero attached hydrogens (tertiary/aromatic N) is 3. The van der Waals surface area contributed by atoms with Gasteiger partial charge in [0.1, 0.15) is 11.5 Å². The Labute approximate surface area is 175 Å². The number of aromatic nitrogens is 1. The lowest BCUT2D eigenvalue weighted by Gasteiger charge is -2.32. The molecule has 1 aliphatic heterocycles. The van der Waals surface area contributed by atoms with Crippen molar-refractivity contribution in [3.63, 3.8) is 0 Å². The van der Waals surface area contributed by atoms with E-state index in [1.807, 2.05) is 41.3 Å². The monoisotopic (exact) mass is 407 g/mol. The van der Waals surface area contributed by atoms with Crippen molar-refractivity contribution in [3.05, 3.63) is 54.2 Å². The molecular weight excluding hydrogens is 382 g/mol. The second-order valence-corrected chi connectivity index (χ2v) is 7.24. The minimum absolute atomic E-state index is 0.000443. The van der Waals surface area contributed by atoms with Crippen LogP contribution in [0.15, 0.2) is 53.1 Å². The average Bonchev–Trinajstić information content (AvgIpc) is 3.28. The van der Waals surface area contributed by atoms with Gasteiger partial charge in [0.2, 0.25) is 5.89 Å². The van der Waals surface area contributed by atoms with Crippen molar-refractivity contribution in [2.45, 2.75) is 0 Å². The number of ether oxygens (including phenoxy) is 2. The lowest BCUT2D eigenvalue weighted by atomic mass is 10.1. The smallest absolute Gasteiger partial charge is 0.254 e. The SMILES string of the molecule is COc1ccc(-c2cnc(-c3ccccc3C(=O)N3CCN(C)CC3)o2)c(OC)c1. The van der Waals surface area contributed by atoms with Crippen LogP contribution < -0.4 is 9.47 Å². The first-order valence-electron chi connectivity index (χ1n) is 9.86. The predicted molar refractivity (Wildman–Crippen MR) is 114 cm³/mol. The number of likely N-dealkylation sites (N-methyl/N-ethyl adjacent to an activating group) is 1. The molecule has 3 aromatic rings. The molecule has 7 heteroatoms. The van der Waals surface area contributed by atoms with Gasteiger partial charge in [-0.15, -0.1) is 0 Å². The van der Waals surface area contributed by atoms with Crippen molar-refractivity contribution < 1.29 is 18.7 Å². The molecule has 1 aliphatic rings. The summed E-state index contributed by atoms with van der Waals surface area (Å²) in [5, 5.41) is 0. The van der Waals surface area contributed by atoms with Crippen LogP contribution in [0.1, 0.15) is 10.4 Å². The molecule has 2 aromatic carbocycles. The Hall–Kier alpha value is -3.32. The summed E-state index contributed by atoms with van der Waals surface area (Å²) in [6.07, 6.45) is 1.65. The standard InChI is InChI=1S/C23H25N3O4/c1-25-10-12-26(13-11-25)23(27)18-7-5-4-6-17(18)22-24-15-21(30-22)19-9-8-16(28-2)14-20(19)29-3/h4-9,14-15H,10-13H2,1-3H3. The van der Waals surface area contributed by atoms with Crippen molar-refractivity contribution in [1.29, 1.82) is 0 Å². The number of carbonyl (C=O) groups excluding carboxylic acids is 1. The van der Waals surface area contributed by atoms with E-state index in [1.54, 1.807) is 26.5 Å². The van der Waals surface area contributed by atoms with Crippen LogP contribution in [0.5, 0.6) is 11.5 Å². The van der Waals surface area contributed by atoms with Crippen LogP contribution in [-0.2, 0) is 0 Å². The first-order valence-corrected chi connectivity index (χ1v) is 9.86. The van der Waals surface area contributed by atoms with Gasteiger partial charge in [-0.3, -0.25) is 4.79 Å². The molecule has 1 fully saturated rings. The van der Waals surface area contributed by atoms with E-state index < -0.39 is 0 Å². The summed E-state index contributed by atoms with van der Waals surface area (Å²) in [6.45, 7) is 3.16. The lowest BCUT2D eigenvalue weighted by molar-refractivity contribution is 0.0664. The van der Waals surface area contributed by atoms with Gasteiger partial charge in [-0.1, -0.05) is 12.1 Å². The molecule has 2 heterocycles. The van der Waals surface area contributed by atoms with Crippen LogP contribution in [0.4, 0.5) is 0 Å². The Kier molecular flexibility index (Phi) is 5.72. The second-order valence-electron chi connectivity index (χ2n) is 7.24. The van der Waals surface area contributed by atoms with Gasteiger partial charge in [-0.25, -0.2) is 4.98 Å². The zero-order valence-corrected chi connectivity index (χ0v) is 17.4. The summed E-state index contributed by atoms with van der Waals surface area (Å²) >= 11 is 0. The van der Waals surface area contributed by atoms with Crippen molar-refractivity contribution in [2.75, 3.05) is 47.4 Å². The first kappa shape index (κ1) is 20.0. The molecule has 1 saturated heterocycles. The number of amides is 1. The molecule has 30 heavy (non-hydrogen) atoms. The highest BCUT2D eigenvalue weighted by molar-refractivity contribution is 6.00. The maximum atomic E-state index is 13.2. The highest BCUT2D eigenvalue weighted by atomic mass is 16.5. The third-order valence-electron chi connectivity index (χ3n) is 5.36. The summed E-state index contributed by atoms with van der Waals surface area (Å²) in [4.78, 5) is 21.7. The van der Waals surface area contributed by atoms with Crippen molar-refractivity contribution in [1.82, 2.24) is 14.8 Å². The fraction of sp³-hybridized carbons (Fsp3) is 0.304. The van der Waals surface area contributed by atoms with E-state index in [9.17, 15) is 4.79 Å². The zero-order valence-electron chi connectivity index (χ0n) is 17.4. The molecule has 0 N–H and O–H groups in total.